The summed E-state index contributed by atoms with van der Waals surface area (Å²) in [5, 5.41) is 20.3. The van der Waals surface area contributed by atoms with Crippen molar-refractivity contribution in [3.05, 3.63) is 33.9 Å². The highest BCUT2D eigenvalue weighted by Crippen LogP contribution is 2.29. The maximum Gasteiger partial charge on any atom is 0.269 e. The topological polar surface area (TPSA) is 66.6 Å². The first-order valence-electron chi connectivity index (χ1n) is 7.28. The minimum Gasteiger partial charge on any atom is -0.392 e. The standard InChI is InChI=1S/C15H22N2O3/c1-2-12-4-3-8-16(9-7-12)15-6-5-14(17(19)20)10-13(15)11-18/h5-6,10,12,18H,2-4,7-9,11H2,1H3. The highest BCUT2D eigenvalue weighted by atomic mass is 16.6. The summed E-state index contributed by atoms with van der Waals surface area (Å²) in [5.74, 6) is 0.774. The highest BCUT2D eigenvalue weighted by molar-refractivity contribution is 5.57. The van der Waals surface area contributed by atoms with Crippen LogP contribution in [-0.4, -0.2) is 23.1 Å². The van der Waals surface area contributed by atoms with Crippen molar-refractivity contribution in [1.29, 1.82) is 0 Å². The number of nitro groups is 1. The van der Waals surface area contributed by atoms with Crippen LogP contribution in [0.15, 0.2) is 18.2 Å². The van der Waals surface area contributed by atoms with Crippen LogP contribution in [-0.2, 0) is 6.61 Å². The number of rotatable bonds is 4. The van der Waals surface area contributed by atoms with Crippen LogP contribution in [0.5, 0.6) is 0 Å². The molecule has 1 aromatic carbocycles. The molecule has 1 unspecified atom stereocenters. The van der Waals surface area contributed by atoms with Crippen molar-refractivity contribution in [2.24, 2.45) is 5.92 Å². The van der Waals surface area contributed by atoms with Gasteiger partial charge in [-0.15, -0.1) is 0 Å². The average molecular weight is 278 g/mol. The van der Waals surface area contributed by atoms with Crippen molar-refractivity contribution in [2.75, 3.05) is 18.0 Å². The van der Waals surface area contributed by atoms with E-state index in [4.69, 9.17) is 0 Å². The molecule has 0 spiro atoms. The highest BCUT2D eigenvalue weighted by Gasteiger charge is 2.19. The van der Waals surface area contributed by atoms with Crippen molar-refractivity contribution in [3.63, 3.8) is 0 Å². The van der Waals surface area contributed by atoms with Gasteiger partial charge in [0.15, 0.2) is 0 Å². The maximum atomic E-state index is 10.8. The lowest BCUT2D eigenvalue weighted by molar-refractivity contribution is -0.384. The lowest BCUT2D eigenvalue weighted by atomic mass is 9.98. The normalized spacial score (nSPS) is 19.7. The van der Waals surface area contributed by atoms with Crippen molar-refractivity contribution >= 4 is 11.4 Å². The van der Waals surface area contributed by atoms with Crippen molar-refractivity contribution in [3.8, 4) is 0 Å². The predicted molar refractivity (Wildman–Crippen MR) is 78.9 cm³/mol. The van der Waals surface area contributed by atoms with E-state index < -0.39 is 4.92 Å². The monoisotopic (exact) mass is 278 g/mol. The van der Waals surface area contributed by atoms with Crippen LogP contribution >= 0.6 is 0 Å². The third kappa shape index (κ3) is 3.28. The molecule has 0 bridgehead atoms. The Balaban J connectivity index is 2.21. The lowest BCUT2D eigenvalue weighted by Crippen LogP contribution is -2.25. The number of benzene rings is 1. The molecular formula is C15H22N2O3. The van der Waals surface area contributed by atoms with Crippen LogP contribution < -0.4 is 4.90 Å². The maximum absolute atomic E-state index is 10.8. The van der Waals surface area contributed by atoms with E-state index in [9.17, 15) is 15.2 Å². The van der Waals surface area contributed by atoms with Gasteiger partial charge < -0.3 is 10.0 Å². The summed E-state index contributed by atoms with van der Waals surface area (Å²) < 4.78 is 0. The number of hydrogen-bond acceptors (Lipinski definition) is 4. The molecule has 0 saturated carbocycles. The molecule has 20 heavy (non-hydrogen) atoms. The Labute approximate surface area is 119 Å². The summed E-state index contributed by atoms with van der Waals surface area (Å²) >= 11 is 0. The van der Waals surface area contributed by atoms with Gasteiger partial charge in [-0.2, -0.15) is 0 Å². The second-order valence-electron chi connectivity index (χ2n) is 5.42. The second-order valence-corrected chi connectivity index (χ2v) is 5.42. The van der Waals surface area contributed by atoms with Crippen LogP contribution in [0.3, 0.4) is 0 Å². The lowest BCUT2D eigenvalue weighted by Gasteiger charge is -2.25. The fourth-order valence-corrected chi connectivity index (χ4v) is 2.94. The van der Waals surface area contributed by atoms with Crippen LogP contribution in [0.4, 0.5) is 11.4 Å². The minimum atomic E-state index is -0.418. The molecule has 1 fully saturated rings. The second kappa shape index (κ2) is 6.70. The molecule has 0 radical (unpaired) electrons. The van der Waals surface area contributed by atoms with Gasteiger partial charge in [-0.3, -0.25) is 10.1 Å². The summed E-state index contributed by atoms with van der Waals surface area (Å²) in [4.78, 5) is 12.6. The number of hydrogen-bond donors (Lipinski definition) is 1. The number of aliphatic hydroxyl groups excluding tert-OH is 1. The molecule has 110 valence electrons. The van der Waals surface area contributed by atoms with E-state index >= 15 is 0 Å². The van der Waals surface area contributed by atoms with E-state index in [0.717, 1.165) is 37.5 Å². The third-order valence-electron chi connectivity index (χ3n) is 4.21. The first-order valence-corrected chi connectivity index (χ1v) is 7.28. The zero-order valence-electron chi connectivity index (χ0n) is 11.9. The minimum absolute atomic E-state index is 0.0408. The van der Waals surface area contributed by atoms with Gasteiger partial charge in [-0.05, 0) is 31.2 Å². The fraction of sp³-hybridized carbons (Fsp3) is 0.600. The molecule has 1 saturated heterocycles. The molecule has 0 amide bonds. The van der Waals surface area contributed by atoms with E-state index in [1.54, 1.807) is 6.07 Å². The quantitative estimate of drug-likeness (QED) is 0.679. The first kappa shape index (κ1) is 14.8. The number of nitrogens with zero attached hydrogens (tertiary/aromatic N) is 2. The van der Waals surface area contributed by atoms with Crippen LogP contribution in [0.2, 0.25) is 0 Å². The van der Waals surface area contributed by atoms with E-state index in [2.05, 4.69) is 11.8 Å². The number of aliphatic hydroxyl groups is 1. The smallest absolute Gasteiger partial charge is 0.269 e. The molecule has 5 nitrogen and oxygen atoms in total. The summed E-state index contributed by atoms with van der Waals surface area (Å²) in [5.41, 5.74) is 1.63. The predicted octanol–water partition coefficient (Wildman–Crippen LogP) is 3.10. The summed E-state index contributed by atoms with van der Waals surface area (Å²) in [6.07, 6.45) is 4.74. The zero-order valence-corrected chi connectivity index (χ0v) is 11.9. The van der Waals surface area contributed by atoms with Gasteiger partial charge in [-0.25, -0.2) is 0 Å². The van der Waals surface area contributed by atoms with Crippen molar-refractivity contribution in [2.45, 2.75) is 39.2 Å². The van der Waals surface area contributed by atoms with Gasteiger partial charge in [0.1, 0.15) is 0 Å². The largest absolute Gasteiger partial charge is 0.392 e. The molecule has 5 heteroatoms. The van der Waals surface area contributed by atoms with Gasteiger partial charge in [0.2, 0.25) is 0 Å². The number of nitro benzene ring substituents is 1. The van der Waals surface area contributed by atoms with Crippen LogP contribution in [0, 0.1) is 16.0 Å². The van der Waals surface area contributed by atoms with Crippen molar-refractivity contribution in [1.82, 2.24) is 0 Å². The average Bonchev–Trinajstić information content (AvgIpc) is 2.71. The van der Waals surface area contributed by atoms with E-state index in [1.807, 2.05) is 0 Å². The summed E-state index contributed by atoms with van der Waals surface area (Å²) in [6.45, 7) is 3.99. The SMILES string of the molecule is CCC1CCCN(c2ccc([N+](=O)[O-])cc2CO)CC1. The van der Waals surface area contributed by atoms with Crippen molar-refractivity contribution < 1.29 is 10.0 Å². The van der Waals surface area contributed by atoms with E-state index in [0.29, 0.717) is 5.56 Å². The molecular weight excluding hydrogens is 256 g/mol. The fourth-order valence-electron chi connectivity index (χ4n) is 2.94. The number of anilines is 1. The Kier molecular flexibility index (Phi) is 4.95. The Morgan fingerprint density at radius 1 is 1.40 bits per heavy atom. The van der Waals surface area contributed by atoms with Crippen LogP contribution in [0.25, 0.3) is 0 Å². The molecule has 1 heterocycles. The van der Waals surface area contributed by atoms with Gasteiger partial charge in [-0.1, -0.05) is 13.3 Å². The molecule has 1 aromatic rings. The molecule has 1 atom stereocenters. The molecule has 0 aromatic heterocycles. The van der Waals surface area contributed by atoms with Gasteiger partial charge in [0.05, 0.1) is 11.5 Å². The van der Waals surface area contributed by atoms with Gasteiger partial charge in [0, 0.05) is 36.5 Å². The molecule has 2 rings (SSSR count). The molecule has 1 N–H and O–H groups in total. The molecule has 0 aliphatic carbocycles. The van der Waals surface area contributed by atoms with Gasteiger partial charge in [0.25, 0.3) is 5.69 Å². The zero-order chi connectivity index (χ0) is 14.5. The summed E-state index contributed by atoms with van der Waals surface area (Å²) in [7, 11) is 0. The number of non-ortho nitro benzene ring substituents is 1. The Hall–Kier alpha value is -1.62. The van der Waals surface area contributed by atoms with Gasteiger partial charge >= 0.3 is 0 Å². The Morgan fingerprint density at radius 3 is 2.85 bits per heavy atom. The van der Waals surface area contributed by atoms with E-state index in [1.165, 1.54) is 25.0 Å². The Bertz CT molecular complexity index is 476. The van der Waals surface area contributed by atoms with E-state index in [-0.39, 0.29) is 12.3 Å². The van der Waals surface area contributed by atoms with Crippen LogP contribution in [0.1, 0.15) is 38.2 Å². The first-order chi connectivity index (χ1) is 9.65. The molecule has 1 aliphatic heterocycles. The third-order valence-corrected chi connectivity index (χ3v) is 4.21. The summed E-state index contributed by atoms with van der Waals surface area (Å²) in [6, 6.07) is 4.78. The molecule has 1 aliphatic rings. The Morgan fingerprint density at radius 2 is 2.20 bits per heavy atom.